The van der Waals surface area contributed by atoms with Crippen LogP contribution in [0, 0.1) is 6.92 Å². The summed E-state index contributed by atoms with van der Waals surface area (Å²) in [7, 11) is 0. The fraction of sp³-hybridized carbons (Fsp3) is 0.250. The number of oxazole rings is 1. The molecule has 0 saturated carbocycles. The van der Waals surface area contributed by atoms with Gasteiger partial charge in [-0.2, -0.15) is 0 Å². The first-order valence-corrected chi connectivity index (χ1v) is 8.98. The van der Waals surface area contributed by atoms with Crippen LogP contribution in [0.25, 0.3) is 11.1 Å². The number of carbonyl (C=O) groups is 2. The summed E-state index contributed by atoms with van der Waals surface area (Å²) < 4.78 is 5.45. The molecule has 1 atom stereocenters. The van der Waals surface area contributed by atoms with Crippen molar-refractivity contribution >= 4 is 40.0 Å². The van der Waals surface area contributed by atoms with Crippen molar-refractivity contribution in [3.63, 3.8) is 0 Å². The van der Waals surface area contributed by atoms with Crippen molar-refractivity contribution < 1.29 is 14.0 Å². The maximum absolute atomic E-state index is 12.7. The van der Waals surface area contributed by atoms with Crippen LogP contribution in [0.4, 0.5) is 17.1 Å². The smallest absolute Gasteiger partial charge is 0.255 e. The number of aryl methyl sites for hydroxylation is 1. The Balaban J connectivity index is 1.41. The Hall–Kier alpha value is -3.35. The van der Waals surface area contributed by atoms with Gasteiger partial charge >= 0.3 is 0 Å². The lowest BCUT2D eigenvalue weighted by atomic mass is 10.1. The lowest BCUT2D eigenvalue weighted by Crippen LogP contribution is -2.43. The highest BCUT2D eigenvalue weighted by atomic mass is 16.3. The van der Waals surface area contributed by atoms with Crippen molar-refractivity contribution in [3.05, 3.63) is 47.9 Å². The predicted octanol–water partition coefficient (Wildman–Crippen LogP) is 3.31. The van der Waals surface area contributed by atoms with Gasteiger partial charge in [-0.3, -0.25) is 9.59 Å². The second-order valence-electron chi connectivity index (χ2n) is 6.94. The minimum Gasteiger partial charge on any atom is -0.441 e. The van der Waals surface area contributed by atoms with Crippen LogP contribution in [-0.4, -0.2) is 29.4 Å². The van der Waals surface area contributed by atoms with Crippen LogP contribution in [-0.2, 0) is 4.79 Å². The summed E-state index contributed by atoms with van der Waals surface area (Å²) in [5.74, 6) is 0.346. The van der Waals surface area contributed by atoms with Crippen molar-refractivity contribution in [1.29, 1.82) is 0 Å². The molecule has 0 spiro atoms. The van der Waals surface area contributed by atoms with Crippen molar-refractivity contribution in [1.82, 2.24) is 4.98 Å². The highest BCUT2D eigenvalue weighted by Gasteiger charge is 2.36. The van der Waals surface area contributed by atoms with Gasteiger partial charge in [-0.25, -0.2) is 4.98 Å². The fourth-order valence-corrected chi connectivity index (χ4v) is 3.90. The van der Waals surface area contributed by atoms with Gasteiger partial charge in [0.25, 0.3) is 5.91 Å². The first kappa shape index (κ1) is 15.9. The summed E-state index contributed by atoms with van der Waals surface area (Å²) in [6.07, 6.45) is 1.88. The van der Waals surface area contributed by atoms with Gasteiger partial charge in [0.1, 0.15) is 11.6 Å². The average Bonchev–Trinajstić information content (AvgIpc) is 3.27. The third kappa shape index (κ3) is 2.63. The van der Waals surface area contributed by atoms with Gasteiger partial charge in [0.2, 0.25) is 5.91 Å². The summed E-state index contributed by atoms with van der Waals surface area (Å²) in [5, 5.41) is 5.81. The van der Waals surface area contributed by atoms with Gasteiger partial charge in [0.05, 0.1) is 11.4 Å². The van der Waals surface area contributed by atoms with Crippen LogP contribution < -0.4 is 15.5 Å². The van der Waals surface area contributed by atoms with Crippen LogP contribution in [0.5, 0.6) is 0 Å². The number of nitrogens with one attached hydrogen (secondary N) is 2. The van der Waals surface area contributed by atoms with Crippen molar-refractivity contribution in [2.45, 2.75) is 25.8 Å². The summed E-state index contributed by atoms with van der Waals surface area (Å²) in [6.45, 7) is 2.65. The summed E-state index contributed by atoms with van der Waals surface area (Å²) >= 11 is 0. The Kier molecular flexibility index (Phi) is 3.43. The quantitative estimate of drug-likeness (QED) is 0.730. The van der Waals surface area contributed by atoms with Gasteiger partial charge in [-0.1, -0.05) is 0 Å². The molecule has 0 bridgehead atoms. The van der Waals surface area contributed by atoms with E-state index < -0.39 is 0 Å². The second-order valence-corrected chi connectivity index (χ2v) is 6.94. The molecule has 5 rings (SSSR count). The zero-order valence-electron chi connectivity index (χ0n) is 14.8. The highest BCUT2D eigenvalue weighted by Crippen LogP contribution is 2.37. The molecule has 3 heterocycles. The Morgan fingerprint density at radius 1 is 1.30 bits per heavy atom. The lowest BCUT2D eigenvalue weighted by molar-refractivity contribution is -0.117. The number of anilines is 3. The van der Waals surface area contributed by atoms with Gasteiger partial charge in [-0.05, 0) is 49.2 Å². The largest absolute Gasteiger partial charge is 0.441 e. The van der Waals surface area contributed by atoms with E-state index in [0.29, 0.717) is 33.9 Å². The molecule has 0 aliphatic carbocycles. The third-order valence-corrected chi connectivity index (χ3v) is 5.13. The molecule has 136 valence electrons. The molecule has 0 unspecified atom stereocenters. The number of hydrogen-bond donors (Lipinski definition) is 2. The van der Waals surface area contributed by atoms with Gasteiger partial charge in [0.15, 0.2) is 11.5 Å². The molecule has 2 N–H and O–H groups in total. The summed E-state index contributed by atoms with van der Waals surface area (Å²) in [4.78, 5) is 31.3. The molecule has 0 radical (unpaired) electrons. The number of fused-ring (bicyclic) bond motifs is 4. The van der Waals surface area contributed by atoms with Crippen LogP contribution in [0.3, 0.4) is 0 Å². The first-order valence-electron chi connectivity index (χ1n) is 8.98. The maximum atomic E-state index is 12.7. The van der Waals surface area contributed by atoms with Crippen LogP contribution in [0.1, 0.15) is 29.1 Å². The average molecular weight is 362 g/mol. The van der Waals surface area contributed by atoms with Gasteiger partial charge in [0, 0.05) is 24.7 Å². The first-order chi connectivity index (χ1) is 13.1. The van der Waals surface area contributed by atoms with Crippen LogP contribution in [0.15, 0.2) is 40.8 Å². The van der Waals surface area contributed by atoms with Crippen molar-refractivity contribution in [3.8, 4) is 0 Å². The van der Waals surface area contributed by atoms with Gasteiger partial charge in [-0.15, -0.1) is 0 Å². The topological polar surface area (TPSA) is 87.5 Å². The maximum Gasteiger partial charge on any atom is 0.255 e. The Labute approximate surface area is 155 Å². The van der Waals surface area contributed by atoms with E-state index in [2.05, 4.69) is 20.5 Å². The molecule has 2 aromatic carbocycles. The SMILES string of the molecule is Cc1nc2cc(NC(=O)c3ccc4c(c3)NC(=O)[C@H]3CCCN43)ccc2o1. The molecule has 1 fully saturated rings. The number of nitrogens with zero attached hydrogens (tertiary/aromatic N) is 2. The van der Waals surface area contributed by atoms with Crippen molar-refractivity contribution in [2.24, 2.45) is 0 Å². The molecular formula is C20H18N4O3. The number of hydrogen-bond acceptors (Lipinski definition) is 5. The Morgan fingerprint density at radius 2 is 2.19 bits per heavy atom. The minimum absolute atomic E-state index is 0.00408. The molecule has 7 heteroatoms. The molecule has 2 aliphatic rings. The molecule has 7 nitrogen and oxygen atoms in total. The zero-order chi connectivity index (χ0) is 18.5. The highest BCUT2D eigenvalue weighted by molar-refractivity contribution is 6.09. The number of amides is 2. The molecule has 3 aromatic rings. The van der Waals surface area contributed by atoms with E-state index in [1.165, 1.54) is 0 Å². The number of aromatic nitrogens is 1. The van der Waals surface area contributed by atoms with E-state index in [-0.39, 0.29) is 17.9 Å². The Bertz CT molecular complexity index is 1090. The summed E-state index contributed by atoms with van der Waals surface area (Å²) in [5.41, 5.74) is 4.18. The minimum atomic E-state index is -0.241. The number of benzene rings is 2. The monoisotopic (exact) mass is 362 g/mol. The molecular weight excluding hydrogens is 344 g/mol. The molecule has 1 aromatic heterocycles. The third-order valence-electron chi connectivity index (χ3n) is 5.13. The van der Waals surface area contributed by atoms with Crippen LogP contribution in [0.2, 0.25) is 0 Å². The standard InChI is InChI=1S/C20H18N4O3/c1-11-21-15-10-13(5-7-18(15)27-11)22-19(25)12-4-6-16-14(9-12)23-20(26)17-3-2-8-24(16)17/h4-7,9-10,17H,2-3,8H2,1H3,(H,22,25)(H,23,26)/t17-/m1/s1. The number of rotatable bonds is 2. The van der Waals surface area contributed by atoms with E-state index in [1.54, 1.807) is 37.3 Å². The zero-order valence-corrected chi connectivity index (χ0v) is 14.8. The molecule has 27 heavy (non-hydrogen) atoms. The number of carbonyl (C=O) groups excluding carboxylic acids is 2. The predicted molar refractivity (Wildman–Crippen MR) is 102 cm³/mol. The fourth-order valence-electron chi connectivity index (χ4n) is 3.90. The van der Waals surface area contributed by atoms with Gasteiger partial charge < -0.3 is 20.0 Å². The van der Waals surface area contributed by atoms with E-state index in [9.17, 15) is 9.59 Å². The second kappa shape index (κ2) is 5.84. The van der Waals surface area contributed by atoms with E-state index >= 15 is 0 Å². The Morgan fingerprint density at radius 3 is 3.07 bits per heavy atom. The normalized spacial score (nSPS) is 18.2. The van der Waals surface area contributed by atoms with Crippen molar-refractivity contribution in [2.75, 3.05) is 22.1 Å². The summed E-state index contributed by atoms with van der Waals surface area (Å²) in [6, 6.07) is 10.7. The van der Waals surface area contributed by atoms with E-state index in [4.69, 9.17) is 4.42 Å². The van der Waals surface area contributed by atoms with Crippen LogP contribution >= 0.6 is 0 Å². The van der Waals surface area contributed by atoms with E-state index in [1.807, 2.05) is 6.07 Å². The molecule has 2 amide bonds. The molecule has 1 saturated heterocycles. The lowest BCUT2D eigenvalue weighted by Gasteiger charge is -2.33. The van der Waals surface area contributed by atoms with E-state index in [0.717, 1.165) is 25.1 Å². The molecule has 2 aliphatic heterocycles.